The zero-order valence-corrected chi connectivity index (χ0v) is 12.0. The Bertz CT molecular complexity index is 823. The number of benzene rings is 2. The van der Waals surface area contributed by atoms with Crippen LogP contribution in [0.4, 0.5) is 4.39 Å². The Labute approximate surface area is 127 Å². The fraction of sp³-hybridized carbons (Fsp3) is 0.0556. The van der Waals surface area contributed by atoms with Gasteiger partial charge in [0.1, 0.15) is 11.6 Å². The molecule has 4 heteroatoms. The van der Waals surface area contributed by atoms with E-state index in [1.54, 1.807) is 31.6 Å². The van der Waals surface area contributed by atoms with Gasteiger partial charge in [-0.15, -0.1) is 0 Å². The van der Waals surface area contributed by atoms with E-state index in [-0.39, 0.29) is 11.3 Å². The summed E-state index contributed by atoms with van der Waals surface area (Å²) in [5, 5.41) is 0. The third kappa shape index (κ3) is 2.51. The zero-order valence-electron chi connectivity index (χ0n) is 12.0. The molecule has 0 spiro atoms. The van der Waals surface area contributed by atoms with Gasteiger partial charge in [0.2, 0.25) is 0 Å². The van der Waals surface area contributed by atoms with Crippen LogP contribution in [0.2, 0.25) is 0 Å². The van der Waals surface area contributed by atoms with Crippen LogP contribution < -0.4 is 4.74 Å². The Balaban J connectivity index is 2.05. The Hall–Kier alpha value is -2.88. The summed E-state index contributed by atoms with van der Waals surface area (Å²) in [6.07, 6.45) is 3.31. The standard InChI is InChI=1S/C18H14FNO2/c1-22-13-6-4-5-12(9-13)15-10-20-11-16(15)18(21)14-7-2-3-8-17(14)19/h2-11,20H,1H3. The van der Waals surface area contributed by atoms with Gasteiger partial charge in [0.15, 0.2) is 5.78 Å². The molecule has 3 aromatic rings. The lowest BCUT2D eigenvalue weighted by Crippen LogP contribution is -2.04. The van der Waals surface area contributed by atoms with Crippen molar-refractivity contribution in [2.75, 3.05) is 7.11 Å². The van der Waals surface area contributed by atoms with Crippen LogP contribution in [0.25, 0.3) is 11.1 Å². The molecule has 0 saturated heterocycles. The number of ether oxygens (including phenoxy) is 1. The number of rotatable bonds is 4. The van der Waals surface area contributed by atoms with E-state index >= 15 is 0 Å². The summed E-state index contributed by atoms with van der Waals surface area (Å²) in [7, 11) is 1.58. The van der Waals surface area contributed by atoms with Gasteiger partial charge in [0.25, 0.3) is 0 Å². The van der Waals surface area contributed by atoms with E-state index in [0.717, 1.165) is 5.56 Å². The van der Waals surface area contributed by atoms with E-state index in [1.165, 1.54) is 12.1 Å². The molecule has 1 heterocycles. The molecule has 0 unspecified atom stereocenters. The van der Waals surface area contributed by atoms with Gasteiger partial charge in [-0.3, -0.25) is 4.79 Å². The first-order chi connectivity index (χ1) is 10.7. The van der Waals surface area contributed by atoms with Gasteiger partial charge in [-0.1, -0.05) is 24.3 Å². The molecular weight excluding hydrogens is 281 g/mol. The molecule has 0 fully saturated rings. The number of H-pyrrole nitrogens is 1. The molecule has 1 aromatic heterocycles. The summed E-state index contributed by atoms with van der Waals surface area (Å²) >= 11 is 0. The second-order valence-electron chi connectivity index (χ2n) is 4.82. The minimum absolute atomic E-state index is 0.0613. The average Bonchev–Trinajstić information content (AvgIpc) is 3.04. The Kier molecular flexibility index (Phi) is 3.74. The van der Waals surface area contributed by atoms with Crippen molar-refractivity contribution in [3.8, 4) is 16.9 Å². The van der Waals surface area contributed by atoms with Crippen LogP contribution in [-0.2, 0) is 0 Å². The van der Waals surface area contributed by atoms with E-state index < -0.39 is 5.82 Å². The number of carbonyl (C=O) groups is 1. The fourth-order valence-corrected chi connectivity index (χ4v) is 2.37. The quantitative estimate of drug-likeness (QED) is 0.737. The lowest BCUT2D eigenvalue weighted by atomic mass is 9.98. The highest BCUT2D eigenvalue weighted by Crippen LogP contribution is 2.28. The van der Waals surface area contributed by atoms with Crippen LogP contribution in [0.15, 0.2) is 60.9 Å². The molecule has 0 aliphatic carbocycles. The number of methoxy groups -OCH3 is 1. The van der Waals surface area contributed by atoms with E-state index in [4.69, 9.17) is 4.74 Å². The van der Waals surface area contributed by atoms with Crippen LogP contribution in [0, 0.1) is 5.82 Å². The maximum absolute atomic E-state index is 13.8. The van der Waals surface area contributed by atoms with Crippen LogP contribution >= 0.6 is 0 Å². The number of carbonyl (C=O) groups excluding carboxylic acids is 1. The van der Waals surface area contributed by atoms with Gasteiger partial charge in [0.05, 0.1) is 12.7 Å². The predicted octanol–water partition coefficient (Wildman–Crippen LogP) is 4.06. The SMILES string of the molecule is COc1cccc(-c2c[nH]cc2C(=O)c2ccccc2F)c1. The molecule has 0 aliphatic rings. The third-order valence-corrected chi connectivity index (χ3v) is 3.49. The molecule has 0 atom stereocenters. The van der Waals surface area contributed by atoms with Crippen LogP contribution in [-0.4, -0.2) is 17.9 Å². The van der Waals surface area contributed by atoms with Crippen molar-refractivity contribution in [2.45, 2.75) is 0 Å². The summed E-state index contributed by atoms with van der Waals surface area (Å²) in [6.45, 7) is 0. The van der Waals surface area contributed by atoms with Crippen LogP contribution in [0.5, 0.6) is 5.75 Å². The first-order valence-electron chi connectivity index (χ1n) is 6.81. The summed E-state index contributed by atoms with van der Waals surface area (Å²) < 4.78 is 19.0. The average molecular weight is 295 g/mol. The number of aromatic nitrogens is 1. The minimum Gasteiger partial charge on any atom is -0.497 e. The first-order valence-corrected chi connectivity index (χ1v) is 6.81. The maximum atomic E-state index is 13.8. The van der Waals surface area contributed by atoms with E-state index in [0.29, 0.717) is 16.9 Å². The van der Waals surface area contributed by atoms with Gasteiger partial charge in [-0.25, -0.2) is 4.39 Å². The topological polar surface area (TPSA) is 42.1 Å². The highest BCUT2D eigenvalue weighted by molar-refractivity contribution is 6.12. The number of nitrogens with one attached hydrogen (secondary N) is 1. The Morgan fingerprint density at radius 3 is 2.64 bits per heavy atom. The molecule has 0 saturated carbocycles. The minimum atomic E-state index is -0.523. The normalized spacial score (nSPS) is 10.5. The summed E-state index contributed by atoms with van der Waals surface area (Å²) in [4.78, 5) is 15.5. The molecule has 0 amide bonds. The largest absolute Gasteiger partial charge is 0.497 e. The highest BCUT2D eigenvalue weighted by atomic mass is 19.1. The predicted molar refractivity (Wildman–Crippen MR) is 82.6 cm³/mol. The van der Waals surface area contributed by atoms with E-state index in [2.05, 4.69) is 4.98 Å². The first kappa shape index (κ1) is 14.1. The lowest BCUT2D eigenvalue weighted by molar-refractivity contribution is 0.103. The number of ketones is 1. The van der Waals surface area contributed by atoms with E-state index in [9.17, 15) is 9.18 Å². The van der Waals surface area contributed by atoms with Gasteiger partial charge >= 0.3 is 0 Å². The second-order valence-corrected chi connectivity index (χ2v) is 4.82. The number of halogens is 1. The van der Waals surface area contributed by atoms with Crippen molar-refractivity contribution < 1.29 is 13.9 Å². The monoisotopic (exact) mass is 295 g/mol. The number of hydrogen-bond acceptors (Lipinski definition) is 2. The molecule has 3 nitrogen and oxygen atoms in total. The van der Waals surface area contributed by atoms with Gasteiger partial charge in [-0.05, 0) is 29.8 Å². The van der Waals surface area contributed by atoms with Crippen molar-refractivity contribution in [3.63, 3.8) is 0 Å². The fourth-order valence-electron chi connectivity index (χ4n) is 2.37. The van der Waals surface area contributed by atoms with Gasteiger partial charge in [0, 0.05) is 23.5 Å². The second kappa shape index (κ2) is 5.85. The molecule has 2 aromatic carbocycles. The van der Waals surface area contributed by atoms with Crippen LogP contribution in [0.3, 0.4) is 0 Å². The van der Waals surface area contributed by atoms with Gasteiger partial charge < -0.3 is 9.72 Å². The lowest BCUT2D eigenvalue weighted by Gasteiger charge is -2.06. The van der Waals surface area contributed by atoms with Crippen molar-refractivity contribution in [1.29, 1.82) is 0 Å². The maximum Gasteiger partial charge on any atom is 0.198 e. The molecule has 3 rings (SSSR count). The third-order valence-electron chi connectivity index (χ3n) is 3.49. The molecule has 0 bridgehead atoms. The van der Waals surface area contributed by atoms with Crippen LogP contribution in [0.1, 0.15) is 15.9 Å². The summed E-state index contributed by atoms with van der Waals surface area (Å²) in [5.41, 5.74) is 2.04. The molecule has 0 radical (unpaired) electrons. The molecule has 110 valence electrons. The van der Waals surface area contributed by atoms with E-state index in [1.807, 2.05) is 24.3 Å². The van der Waals surface area contributed by atoms with Crippen molar-refractivity contribution in [3.05, 3.63) is 77.9 Å². The number of hydrogen-bond donors (Lipinski definition) is 1. The number of aromatic amines is 1. The Morgan fingerprint density at radius 2 is 1.86 bits per heavy atom. The van der Waals surface area contributed by atoms with Crippen molar-refractivity contribution in [2.24, 2.45) is 0 Å². The zero-order chi connectivity index (χ0) is 15.5. The van der Waals surface area contributed by atoms with Crippen molar-refractivity contribution in [1.82, 2.24) is 4.98 Å². The molecule has 0 aliphatic heterocycles. The molecule has 1 N–H and O–H groups in total. The highest BCUT2D eigenvalue weighted by Gasteiger charge is 2.18. The summed E-state index contributed by atoms with van der Waals surface area (Å²) in [6, 6.07) is 13.4. The smallest absolute Gasteiger partial charge is 0.198 e. The molecular formula is C18H14FNO2. The summed E-state index contributed by atoms with van der Waals surface area (Å²) in [5.74, 6) is -0.176. The van der Waals surface area contributed by atoms with Crippen molar-refractivity contribution >= 4 is 5.78 Å². The Morgan fingerprint density at radius 1 is 1.05 bits per heavy atom. The van der Waals surface area contributed by atoms with Gasteiger partial charge in [-0.2, -0.15) is 0 Å². The molecule has 22 heavy (non-hydrogen) atoms.